The molecule has 21 heavy (non-hydrogen) atoms. The van der Waals surface area contributed by atoms with E-state index in [2.05, 4.69) is 12.1 Å². The monoisotopic (exact) mass is 289 g/mol. The van der Waals surface area contributed by atoms with Crippen LogP contribution in [0.5, 0.6) is 0 Å². The third kappa shape index (κ3) is 4.88. The van der Waals surface area contributed by atoms with Gasteiger partial charge in [-0.1, -0.05) is 43.2 Å². The van der Waals surface area contributed by atoms with Gasteiger partial charge in [-0.15, -0.1) is 0 Å². The minimum absolute atomic E-state index is 0.0137. The molecule has 1 N–H and O–H groups in total. The van der Waals surface area contributed by atoms with Crippen molar-refractivity contribution in [2.24, 2.45) is 0 Å². The van der Waals surface area contributed by atoms with E-state index in [0.717, 1.165) is 38.5 Å². The van der Waals surface area contributed by atoms with Gasteiger partial charge in [-0.25, -0.2) is 0 Å². The van der Waals surface area contributed by atoms with Crippen molar-refractivity contribution in [1.29, 1.82) is 0 Å². The number of carboxylic acid groups (broad SMARTS) is 1. The molecule has 114 valence electrons. The zero-order chi connectivity index (χ0) is 15.1. The lowest BCUT2D eigenvalue weighted by Gasteiger charge is -2.27. The maximum Gasteiger partial charge on any atom is 0.323 e. The molecule has 1 aliphatic carbocycles. The largest absolute Gasteiger partial charge is 0.480 e. The molecule has 1 saturated carbocycles. The zero-order valence-corrected chi connectivity index (χ0v) is 12.3. The van der Waals surface area contributed by atoms with Gasteiger partial charge in [0.05, 0.1) is 0 Å². The van der Waals surface area contributed by atoms with Crippen molar-refractivity contribution in [1.82, 2.24) is 4.90 Å². The molecule has 0 saturated heterocycles. The van der Waals surface area contributed by atoms with Crippen LogP contribution < -0.4 is 0 Å². The van der Waals surface area contributed by atoms with E-state index in [-0.39, 0.29) is 18.5 Å². The van der Waals surface area contributed by atoms with Crippen LogP contribution in [0, 0.1) is 0 Å². The number of carbonyl (C=O) groups excluding carboxylic acids is 1. The molecule has 1 aromatic rings. The Balaban J connectivity index is 1.84. The van der Waals surface area contributed by atoms with Crippen LogP contribution >= 0.6 is 0 Å². The summed E-state index contributed by atoms with van der Waals surface area (Å²) in [4.78, 5) is 24.9. The molecule has 1 aliphatic rings. The van der Waals surface area contributed by atoms with Crippen LogP contribution in [0.25, 0.3) is 0 Å². The molecule has 0 radical (unpaired) electrons. The highest BCUT2D eigenvalue weighted by Gasteiger charge is 2.27. The fourth-order valence-electron chi connectivity index (χ4n) is 3.01. The van der Waals surface area contributed by atoms with Gasteiger partial charge in [0, 0.05) is 12.5 Å². The first-order valence-corrected chi connectivity index (χ1v) is 7.72. The number of carbonyl (C=O) groups is 2. The van der Waals surface area contributed by atoms with Gasteiger partial charge >= 0.3 is 5.97 Å². The lowest BCUT2D eigenvalue weighted by Crippen LogP contribution is -2.42. The van der Waals surface area contributed by atoms with E-state index < -0.39 is 5.97 Å². The Kier molecular flexibility index (Phi) is 5.78. The van der Waals surface area contributed by atoms with Crippen LogP contribution in [0.15, 0.2) is 30.3 Å². The smallest absolute Gasteiger partial charge is 0.323 e. The van der Waals surface area contributed by atoms with E-state index in [4.69, 9.17) is 5.11 Å². The zero-order valence-electron chi connectivity index (χ0n) is 12.3. The molecule has 4 nitrogen and oxygen atoms in total. The summed E-state index contributed by atoms with van der Waals surface area (Å²) in [6, 6.07) is 10.2. The highest BCUT2D eigenvalue weighted by atomic mass is 16.4. The number of aliphatic carboxylic acids is 1. The van der Waals surface area contributed by atoms with Crippen LogP contribution in [0.3, 0.4) is 0 Å². The molecule has 1 fully saturated rings. The van der Waals surface area contributed by atoms with Crippen LogP contribution in [-0.2, 0) is 16.0 Å². The van der Waals surface area contributed by atoms with E-state index in [1.54, 1.807) is 4.90 Å². The van der Waals surface area contributed by atoms with Gasteiger partial charge < -0.3 is 10.0 Å². The second-order valence-corrected chi connectivity index (χ2v) is 5.69. The molecule has 1 aromatic carbocycles. The van der Waals surface area contributed by atoms with Gasteiger partial charge in [0.15, 0.2) is 0 Å². The van der Waals surface area contributed by atoms with E-state index >= 15 is 0 Å². The second-order valence-electron chi connectivity index (χ2n) is 5.69. The topological polar surface area (TPSA) is 57.6 Å². The highest BCUT2D eigenvalue weighted by molar-refractivity contribution is 5.81. The van der Waals surface area contributed by atoms with Crippen molar-refractivity contribution >= 4 is 11.9 Å². The molecular weight excluding hydrogens is 266 g/mol. The SMILES string of the molecule is O=C(O)CN(C(=O)CCCc1ccccc1)C1CCCC1. The van der Waals surface area contributed by atoms with Crippen molar-refractivity contribution in [2.45, 2.75) is 51.0 Å². The standard InChI is InChI=1S/C17H23NO3/c19-16(12-6-9-14-7-2-1-3-8-14)18(13-17(20)21)15-10-4-5-11-15/h1-3,7-8,15H,4-6,9-13H2,(H,20,21). The lowest BCUT2D eigenvalue weighted by molar-refractivity contribution is -0.146. The number of hydrogen-bond acceptors (Lipinski definition) is 2. The van der Waals surface area contributed by atoms with Crippen molar-refractivity contribution < 1.29 is 14.7 Å². The molecule has 0 heterocycles. The summed E-state index contributed by atoms with van der Waals surface area (Å²) >= 11 is 0. The molecule has 2 rings (SSSR count). The van der Waals surface area contributed by atoms with Crippen LogP contribution in [0.1, 0.15) is 44.1 Å². The number of hydrogen-bond donors (Lipinski definition) is 1. The van der Waals surface area contributed by atoms with Gasteiger partial charge in [0.1, 0.15) is 6.54 Å². The van der Waals surface area contributed by atoms with Gasteiger partial charge in [-0.3, -0.25) is 9.59 Å². The summed E-state index contributed by atoms with van der Waals surface area (Å²) in [6.07, 6.45) is 6.13. The molecule has 1 amide bonds. The van der Waals surface area contributed by atoms with Crippen LogP contribution in [0.4, 0.5) is 0 Å². The summed E-state index contributed by atoms with van der Waals surface area (Å²) in [5.74, 6) is -0.932. The fourth-order valence-corrected chi connectivity index (χ4v) is 3.01. The number of nitrogens with zero attached hydrogens (tertiary/aromatic N) is 1. The summed E-state index contributed by atoms with van der Waals surface area (Å²) in [5, 5.41) is 9.00. The minimum Gasteiger partial charge on any atom is -0.480 e. The van der Waals surface area contributed by atoms with E-state index in [1.165, 1.54) is 5.56 Å². The third-order valence-electron chi connectivity index (χ3n) is 4.09. The first kappa shape index (κ1) is 15.5. The number of rotatable bonds is 7. The number of amides is 1. The Morgan fingerprint density at radius 1 is 1.14 bits per heavy atom. The summed E-state index contributed by atoms with van der Waals surface area (Å²) in [6.45, 7) is -0.158. The highest BCUT2D eigenvalue weighted by Crippen LogP contribution is 2.24. The predicted octanol–water partition coefficient (Wildman–Crippen LogP) is 2.87. The first-order chi connectivity index (χ1) is 10.2. The van der Waals surface area contributed by atoms with Crippen molar-refractivity contribution in [3.8, 4) is 0 Å². The quantitative estimate of drug-likeness (QED) is 0.839. The Bertz CT molecular complexity index is 466. The van der Waals surface area contributed by atoms with Gasteiger partial charge in [0.2, 0.25) is 5.91 Å². The number of aryl methyl sites for hydroxylation is 1. The molecule has 0 atom stereocenters. The normalized spacial score (nSPS) is 15.0. The van der Waals surface area contributed by atoms with Gasteiger partial charge in [0.25, 0.3) is 0 Å². The molecule has 0 aliphatic heterocycles. The van der Waals surface area contributed by atoms with Crippen molar-refractivity contribution in [2.75, 3.05) is 6.54 Å². The fraction of sp³-hybridized carbons (Fsp3) is 0.529. The van der Waals surface area contributed by atoms with E-state index in [0.29, 0.717) is 6.42 Å². The lowest BCUT2D eigenvalue weighted by atomic mass is 10.1. The van der Waals surface area contributed by atoms with Crippen LogP contribution in [-0.4, -0.2) is 34.5 Å². The summed E-state index contributed by atoms with van der Waals surface area (Å²) in [5.41, 5.74) is 1.22. The molecule has 4 heteroatoms. The molecule has 0 bridgehead atoms. The molecule has 0 unspecified atom stereocenters. The molecule has 0 aromatic heterocycles. The Labute approximate surface area is 125 Å². The first-order valence-electron chi connectivity index (χ1n) is 7.72. The Morgan fingerprint density at radius 2 is 1.81 bits per heavy atom. The Hall–Kier alpha value is -1.84. The number of benzene rings is 1. The second kappa shape index (κ2) is 7.81. The van der Waals surface area contributed by atoms with E-state index in [1.807, 2.05) is 18.2 Å². The molecule has 0 spiro atoms. The van der Waals surface area contributed by atoms with E-state index in [9.17, 15) is 9.59 Å². The number of carboxylic acids is 1. The van der Waals surface area contributed by atoms with Gasteiger partial charge in [-0.05, 0) is 31.2 Å². The van der Waals surface area contributed by atoms with Crippen LogP contribution in [0.2, 0.25) is 0 Å². The van der Waals surface area contributed by atoms with Crippen molar-refractivity contribution in [3.05, 3.63) is 35.9 Å². The minimum atomic E-state index is -0.918. The summed E-state index contributed by atoms with van der Waals surface area (Å²) in [7, 11) is 0. The average Bonchev–Trinajstić information content (AvgIpc) is 2.99. The maximum absolute atomic E-state index is 12.3. The van der Waals surface area contributed by atoms with Gasteiger partial charge in [-0.2, -0.15) is 0 Å². The summed E-state index contributed by atoms with van der Waals surface area (Å²) < 4.78 is 0. The van der Waals surface area contributed by atoms with Crippen molar-refractivity contribution in [3.63, 3.8) is 0 Å². The maximum atomic E-state index is 12.3. The Morgan fingerprint density at radius 3 is 2.43 bits per heavy atom. The third-order valence-corrected chi connectivity index (χ3v) is 4.09. The predicted molar refractivity (Wildman–Crippen MR) is 81.0 cm³/mol. The average molecular weight is 289 g/mol. The molecular formula is C17H23NO3.